The maximum Gasteiger partial charge on any atom is 0.160 e. The van der Waals surface area contributed by atoms with Gasteiger partial charge in [0.2, 0.25) is 0 Å². The van der Waals surface area contributed by atoms with Gasteiger partial charge in [0.15, 0.2) is 11.9 Å². The first-order valence-electron chi connectivity index (χ1n) is 5.79. The smallest absolute Gasteiger partial charge is 0.160 e. The molecule has 2 aromatic heterocycles. The molecule has 19 heavy (non-hydrogen) atoms. The number of nitrogens with zero attached hydrogens (tertiary/aromatic N) is 3. The van der Waals surface area contributed by atoms with Crippen LogP contribution in [0.2, 0.25) is 0 Å². The van der Waals surface area contributed by atoms with Crippen LogP contribution in [0.5, 0.6) is 0 Å². The lowest BCUT2D eigenvalue weighted by atomic mass is 10.1. The minimum atomic E-state index is 0.615. The fourth-order valence-corrected chi connectivity index (χ4v) is 2.19. The Balaban J connectivity index is 2.00. The van der Waals surface area contributed by atoms with E-state index in [1.165, 1.54) is 0 Å². The monoisotopic (exact) mass is 315 g/mol. The predicted octanol–water partition coefficient (Wildman–Crippen LogP) is 2.90. The number of pyridine rings is 1. The summed E-state index contributed by atoms with van der Waals surface area (Å²) in [5.41, 5.74) is 2.51. The average Bonchev–Trinajstić information content (AvgIpc) is 2.84. The van der Waals surface area contributed by atoms with Gasteiger partial charge in [0.05, 0.1) is 0 Å². The Morgan fingerprint density at radius 2 is 1.89 bits per heavy atom. The molecule has 0 atom stereocenters. The van der Waals surface area contributed by atoms with Crippen LogP contribution in [0.3, 0.4) is 0 Å². The van der Waals surface area contributed by atoms with Crippen LogP contribution in [-0.4, -0.2) is 20.9 Å². The van der Waals surface area contributed by atoms with Crippen LogP contribution in [0.4, 0.5) is 0 Å². The van der Waals surface area contributed by atoms with E-state index in [0.29, 0.717) is 12.0 Å². The zero-order chi connectivity index (χ0) is 13.2. The Hall–Kier alpha value is -2.01. The minimum Gasteiger partial charge on any atom is -0.298 e. The molecule has 94 valence electrons. The zero-order valence-electron chi connectivity index (χ0n) is 9.95. The molecule has 3 rings (SSSR count). The number of carbonyl (C=O) groups excluding carboxylic acids is 1. The first kappa shape index (κ1) is 12.0. The number of aromatic nitrogens is 3. The van der Waals surface area contributed by atoms with E-state index < -0.39 is 0 Å². The summed E-state index contributed by atoms with van der Waals surface area (Å²) in [7, 11) is 0. The number of carbonyl (C=O) groups is 1. The molecule has 0 fully saturated rings. The fraction of sp³-hybridized carbons (Fsp3) is 0.0714. The second-order valence-corrected chi connectivity index (χ2v) is 5.14. The van der Waals surface area contributed by atoms with Gasteiger partial charge in [0.1, 0.15) is 5.82 Å². The number of rotatable bonds is 3. The van der Waals surface area contributed by atoms with Crippen LogP contribution in [0.15, 0.2) is 47.1 Å². The van der Waals surface area contributed by atoms with Crippen LogP contribution in [0, 0.1) is 0 Å². The van der Waals surface area contributed by atoms with E-state index in [4.69, 9.17) is 0 Å². The van der Waals surface area contributed by atoms with Gasteiger partial charge in [-0.25, -0.2) is 0 Å². The number of hydrogen-bond donors (Lipinski definition) is 0. The molecule has 4 nitrogen and oxygen atoms in total. The summed E-state index contributed by atoms with van der Waals surface area (Å²) in [6.07, 6.45) is 3.26. The number of benzene rings is 1. The average molecular weight is 316 g/mol. The van der Waals surface area contributed by atoms with Crippen molar-refractivity contribution >= 4 is 27.9 Å². The standard InChI is InChI=1S/C14H10BrN3O/c15-12-4-1-10(2-5-12)7-14-17-16-13-6-3-11(9-19)8-18(13)14/h1-6,8-9H,7H2. The zero-order valence-corrected chi connectivity index (χ0v) is 11.5. The lowest BCUT2D eigenvalue weighted by molar-refractivity contribution is 0.112. The fourth-order valence-electron chi connectivity index (χ4n) is 1.93. The third-order valence-corrected chi connectivity index (χ3v) is 3.44. The lowest BCUT2D eigenvalue weighted by Gasteiger charge is -2.01. The van der Waals surface area contributed by atoms with Crippen molar-refractivity contribution in [2.24, 2.45) is 0 Å². The molecule has 5 heteroatoms. The third-order valence-electron chi connectivity index (χ3n) is 2.91. The summed E-state index contributed by atoms with van der Waals surface area (Å²) >= 11 is 3.41. The van der Waals surface area contributed by atoms with Gasteiger partial charge in [-0.15, -0.1) is 10.2 Å². The van der Waals surface area contributed by atoms with E-state index in [0.717, 1.165) is 27.8 Å². The Labute approximate surface area is 118 Å². The molecule has 3 aromatic rings. The molecular weight excluding hydrogens is 306 g/mol. The molecule has 0 unspecified atom stereocenters. The predicted molar refractivity (Wildman–Crippen MR) is 75.3 cm³/mol. The van der Waals surface area contributed by atoms with Crippen molar-refractivity contribution in [1.29, 1.82) is 0 Å². The number of halogens is 1. The molecular formula is C14H10BrN3O. The number of aldehydes is 1. The van der Waals surface area contributed by atoms with E-state index in [9.17, 15) is 4.79 Å². The molecule has 0 spiro atoms. The van der Waals surface area contributed by atoms with Crippen molar-refractivity contribution < 1.29 is 4.79 Å². The third kappa shape index (κ3) is 2.42. The highest BCUT2D eigenvalue weighted by molar-refractivity contribution is 9.10. The summed E-state index contributed by atoms with van der Waals surface area (Å²) in [4.78, 5) is 10.8. The van der Waals surface area contributed by atoms with Crippen LogP contribution in [-0.2, 0) is 6.42 Å². The molecule has 0 amide bonds. The van der Waals surface area contributed by atoms with E-state index in [2.05, 4.69) is 26.1 Å². The molecule has 1 aromatic carbocycles. The van der Waals surface area contributed by atoms with Crippen molar-refractivity contribution in [2.45, 2.75) is 6.42 Å². The van der Waals surface area contributed by atoms with Gasteiger partial charge in [-0.1, -0.05) is 28.1 Å². The summed E-state index contributed by atoms with van der Waals surface area (Å²) in [5, 5.41) is 8.27. The Kier molecular flexibility index (Phi) is 3.13. The summed E-state index contributed by atoms with van der Waals surface area (Å²) in [6, 6.07) is 11.6. The minimum absolute atomic E-state index is 0.615. The molecule has 0 saturated carbocycles. The summed E-state index contributed by atoms with van der Waals surface area (Å²) in [6.45, 7) is 0. The first-order chi connectivity index (χ1) is 9.26. The maximum atomic E-state index is 10.8. The molecule has 0 bridgehead atoms. The van der Waals surface area contributed by atoms with Gasteiger partial charge in [0, 0.05) is 22.7 Å². The molecule has 0 aliphatic rings. The normalized spacial score (nSPS) is 10.8. The van der Waals surface area contributed by atoms with Crippen LogP contribution >= 0.6 is 15.9 Å². The van der Waals surface area contributed by atoms with Gasteiger partial charge >= 0.3 is 0 Å². The molecule has 0 radical (unpaired) electrons. The van der Waals surface area contributed by atoms with E-state index >= 15 is 0 Å². The van der Waals surface area contributed by atoms with Gasteiger partial charge in [-0.3, -0.25) is 9.20 Å². The Bertz CT molecular complexity index is 734. The van der Waals surface area contributed by atoms with E-state index in [1.54, 1.807) is 18.3 Å². The van der Waals surface area contributed by atoms with E-state index in [-0.39, 0.29) is 0 Å². The quantitative estimate of drug-likeness (QED) is 0.698. The van der Waals surface area contributed by atoms with Crippen molar-refractivity contribution in [3.63, 3.8) is 0 Å². The SMILES string of the molecule is O=Cc1ccc2nnc(Cc3ccc(Br)cc3)n2c1. The van der Waals surface area contributed by atoms with Crippen molar-refractivity contribution in [3.05, 3.63) is 64.0 Å². The molecule has 0 aliphatic carbocycles. The van der Waals surface area contributed by atoms with E-state index in [1.807, 2.05) is 28.7 Å². The molecule has 0 N–H and O–H groups in total. The van der Waals surface area contributed by atoms with Gasteiger partial charge in [-0.05, 0) is 29.8 Å². The van der Waals surface area contributed by atoms with Crippen LogP contribution < -0.4 is 0 Å². The van der Waals surface area contributed by atoms with Crippen molar-refractivity contribution in [2.75, 3.05) is 0 Å². The van der Waals surface area contributed by atoms with Crippen molar-refractivity contribution in [3.8, 4) is 0 Å². The largest absolute Gasteiger partial charge is 0.298 e. The van der Waals surface area contributed by atoms with Gasteiger partial charge in [0.25, 0.3) is 0 Å². The summed E-state index contributed by atoms with van der Waals surface area (Å²) < 4.78 is 2.90. The number of hydrogen-bond acceptors (Lipinski definition) is 3. The highest BCUT2D eigenvalue weighted by atomic mass is 79.9. The first-order valence-corrected chi connectivity index (χ1v) is 6.59. The molecule has 0 aliphatic heterocycles. The second kappa shape index (κ2) is 4.93. The molecule has 2 heterocycles. The topological polar surface area (TPSA) is 47.3 Å². The Morgan fingerprint density at radius 3 is 2.63 bits per heavy atom. The van der Waals surface area contributed by atoms with Crippen LogP contribution in [0.1, 0.15) is 21.7 Å². The van der Waals surface area contributed by atoms with Gasteiger partial charge < -0.3 is 0 Å². The molecule has 0 saturated heterocycles. The second-order valence-electron chi connectivity index (χ2n) is 4.23. The van der Waals surface area contributed by atoms with Crippen molar-refractivity contribution in [1.82, 2.24) is 14.6 Å². The van der Waals surface area contributed by atoms with Crippen LogP contribution in [0.25, 0.3) is 5.65 Å². The lowest BCUT2D eigenvalue weighted by Crippen LogP contribution is -1.97. The Morgan fingerprint density at radius 1 is 1.11 bits per heavy atom. The van der Waals surface area contributed by atoms with Gasteiger partial charge in [-0.2, -0.15) is 0 Å². The maximum absolute atomic E-state index is 10.8. The summed E-state index contributed by atoms with van der Waals surface area (Å²) in [5.74, 6) is 0.820. The number of fused-ring (bicyclic) bond motifs is 1. The highest BCUT2D eigenvalue weighted by Gasteiger charge is 2.07. The highest BCUT2D eigenvalue weighted by Crippen LogP contribution is 2.14.